The number of piperazine rings is 1. The fourth-order valence-electron chi connectivity index (χ4n) is 1.61. The van der Waals surface area contributed by atoms with Gasteiger partial charge in [-0.2, -0.15) is 0 Å². The van der Waals surface area contributed by atoms with Gasteiger partial charge in [0.2, 0.25) is 11.8 Å². The van der Waals surface area contributed by atoms with Crippen molar-refractivity contribution in [2.24, 2.45) is 0 Å². The van der Waals surface area contributed by atoms with Crippen LogP contribution in [0.5, 0.6) is 0 Å². The van der Waals surface area contributed by atoms with Crippen molar-refractivity contribution in [2.75, 3.05) is 26.2 Å². The second kappa shape index (κ2) is 5.49. The Morgan fingerprint density at radius 3 is 2.07 bits per heavy atom. The highest BCUT2D eigenvalue weighted by Gasteiger charge is 2.25. The van der Waals surface area contributed by atoms with E-state index in [1.54, 1.807) is 11.8 Å². The van der Waals surface area contributed by atoms with Crippen molar-refractivity contribution < 1.29 is 9.59 Å². The molecule has 4 nitrogen and oxygen atoms in total. The molecule has 15 heavy (non-hydrogen) atoms. The molecule has 0 radical (unpaired) electrons. The van der Waals surface area contributed by atoms with E-state index in [0.29, 0.717) is 26.2 Å². The molecule has 0 aromatic rings. The molecule has 0 aromatic heterocycles. The molecule has 0 bridgehead atoms. The van der Waals surface area contributed by atoms with Gasteiger partial charge in [0.05, 0.1) is 4.83 Å². The molecule has 1 aliphatic heterocycles. The first-order valence-corrected chi connectivity index (χ1v) is 6.16. The first kappa shape index (κ1) is 12.5. The largest absolute Gasteiger partial charge is 0.339 e. The molecule has 1 heterocycles. The Balaban J connectivity index is 2.43. The Morgan fingerprint density at radius 2 is 1.67 bits per heavy atom. The fraction of sp³-hybridized carbons (Fsp3) is 0.800. The van der Waals surface area contributed by atoms with E-state index in [-0.39, 0.29) is 16.6 Å². The zero-order valence-corrected chi connectivity index (χ0v) is 10.8. The van der Waals surface area contributed by atoms with E-state index in [0.717, 1.165) is 6.42 Å². The maximum absolute atomic E-state index is 11.8. The Hall–Kier alpha value is -0.580. The number of rotatable bonds is 2. The fourth-order valence-corrected chi connectivity index (χ4v) is 1.90. The average molecular weight is 277 g/mol. The van der Waals surface area contributed by atoms with Crippen LogP contribution in [0.1, 0.15) is 20.3 Å². The molecule has 5 heteroatoms. The zero-order valence-electron chi connectivity index (χ0n) is 9.20. The molecule has 1 unspecified atom stereocenters. The van der Waals surface area contributed by atoms with Crippen LogP contribution < -0.4 is 0 Å². The lowest BCUT2D eigenvalue weighted by atomic mass is 10.2. The summed E-state index contributed by atoms with van der Waals surface area (Å²) in [5, 5.41) is 0. The molecule has 1 saturated heterocycles. The third kappa shape index (κ3) is 3.19. The number of hydrogen-bond donors (Lipinski definition) is 0. The van der Waals surface area contributed by atoms with Crippen molar-refractivity contribution in [3.8, 4) is 0 Å². The van der Waals surface area contributed by atoms with Gasteiger partial charge in [-0.1, -0.05) is 22.9 Å². The van der Waals surface area contributed by atoms with Crippen molar-refractivity contribution in [2.45, 2.75) is 25.1 Å². The molecule has 1 rings (SSSR count). The van der Waals surface area contributed by atoms with Crippen LogP contribution in [0, 0.1) is 0 Å². The minimum absolute atomic E-state index is 0.0821. The van der Waals surface area contributed by atoms with Gasteiger partial charge in [0.1, 0.15) is 0 Å². The number of alkyl halides is 1. The smallest absolute Gasteiger partial charge is 0.236 e. The van der Waals surface area contributed by atoms with Crippen molar-refractivity contribution in [1.29, 1.82) is 0 Å². The molecular weight excluding hydrogens is 260 g/mol. The van der Waals surface area contributed by atoms with E-state index in [1.807, 2.05) is 11.8 Å². The summed E-state index contributed by atoms with van der Waals surface area (Å²) in [5.74, 6) is 0.230. The van der Waals surface area contributed by atoms with Gasteiger partial charge in [-0.3, -0.25) is 9.59 Å². The summed E-state index contributed by atoms with van der Waals surface area (Å²) in [4.78, 5) is 26.4. The second-order valence-corrected chi connectivity index (χ2v) is 4.81. The predicted octanol–water partition coefficient (Wildman–Crippen LogP) is 0.851. The topological polar surface area (TPSA) is 40.6 Å². The summed E-state index contributed by atoms with van der Waals surface area (Å²) in [6.07, 6.45) is 0.797. The lowest BCUT2D eigenvalue weighted by Gasteiger charge is -2.35. The van der Waals surface area contributed by atoms with Crippen LogP contribution in [0.25, 0.3) is 0 Å². The quantitative estimate of drug-likeness (QED) is 0.702. The Morgan fingerprint density at radius 1 is 1.20 bits per heavy atom. The molecule has 1 aliphatic rings. The number of carbonyl (C=O) groups is 2. The van der Waals surface area contributed by atoms with E-state index in [9.17, 15) is 9.59 Å². The van der Waals surface area contributed by atoms with Crippen LogP contribution >= 0.6 is 15.9 Å². The van der Waals surface area contributed by atoms with Gasteiger partial charge in [-0.05, 0) is 6.42 Å². The predicted molar refractivity (Wildman–Crippen MR) is 61.8 cm³/mol. The Kier molecular flexibility index (Phi) is 4.57. The van der Waals surface area contributed by atoms with Gasteiger partial charge >= 0.3 is 0 Å². The van der Waals surface area contributed by atoms with Gasteiger partial charge < -0.3 is 9.80 Å². The van der Waals surface area contributed by atoms with E-state index in [1.165, 1.54) is 0 Å². The minimum atomic E-state index is -0.0821. The molecule has 2 amide bonds. The summed E-state index contributed by atoms with van der Waals surface area (Å²) >= 11 is 3.35. The molecule has 1 atom stereocenters. The molecule has 0 aliphatic carbocycles. The van der Waals surface area contributed by atoms with Gasteiger partial charge in [-0.15, -0.1) is 0 Å². The molecule has 0 saturated carbocycles. The lowest BCUT2D eigenvalue weighted by molar-refractivity contribution is -0.138. The zero-order chi connectivity index (χ0) is 11.4. The number of amides is 2. The van der Waals surface area contributed by atoms with Crippen molar-refractivity contribution in [3.05, 3.63) is 0 Å². The van der Waals surface area contributed by atoms with Crippen LogP contribution in [0.3, 0.4) is 0 Å². The maximum atomic E-state index is 11.8. The standard InChI is InChI=1S/C10H17BrN2O2/c1-3-9(11)10(15)13-6-4-12(5-7-13)8(2)14/h9H,3-7H2,1-2H3. The molecule has 0 N–H and O–H groups in total. The molecule has 0 spiro atoms. The van der Waals surface area contributed by atoms with Crippen LogP contribution in [0.15, 0.2) is 0 Å². The van der Waals surface area contributed by atoms with Gasteiger partial charge in [0, 0.05) is 33.1 Å². The van der Waals surface area contributed by atoms with Crippen LogP contribution in [0.4, 0.5) is 0 Å². The number of hydrogen-bond acceptors (Lipinski definition) is 2. The number of nitrogens with zero attached hydrogens (tertiary/aromatic N) is 2. The summed E-state index contributed by atoms with van der Waals surface area (Å²) in [7, 11) is 0. The first-order chi connectivity index (χ1) is 7.06. The van der Waals surface area contributed by atoms with Crippen molar-refractivity contribution in [1.82, 2.24) is 9.80 Å². The number of carbonyl (C=O) groups excluding carboxylic acids is 2. The van der Waals surface area contributed by atoms with Crippen LogP contribution in [-0.4, -0.2) is 52.6 Å². The molecular formula is C10H17BrN2O2. The average Bonchev–Trinajstić information content (AvgIpc) is 2.27. The summed E-state index contributed by atoms with van der Waals surface area (Å²) in [5.41, 5.74) is 0. The van der Waals surface area contributed by atoms with Gasteiger partial charge in [-0.25, -0.2) is 0 Å². The minimum Gasteiger partial charge on any atom is -0.339 e. The third-order valence-electron chi connectivity index (χ3n) is 2.66. The molecule has 86 valence electrons. The summed E-state index contributed by atoms with van der Waals surface area (Å²) in [6, 6.07) is 0. The highest BCUT2D eigenvalue weighted by Crippen LogP contribution is 2.11. The SMILES string of the molecule is CCC(Br)C(=O)N1CCN(C(C)=O)CC1. The highest BCUT2D eigenvalue weighted by molar-refractivity contribution is 9.10. The van der Waals surface area contributed by atoms with Crippen LogP contribution in [0.2, 0.25) is 0 Å². The summed E-state index contributed by atoms with van der Waals surface area (Å²) in [6.45, 7) is 6.16. The highest BCUT2D eigenvalue weighted by atomic mass is 79.9. The van der Waals surface area contributed by atoms with E-state index in [2.05, 4.69) is 15.9 Å². The number of halogens is 1. The third-order valence-corrected chi connectivity index (χ3v) is 3.70. The van der Waals surface area contributed by atoms with E-state index >= 15 is 0 Å². The maximum Gasteiger partial charge on any atom is 0.236 e. The summed E-state index contributed by atoms with van der Waals surface area (Å²) < 4.78 is 0. The van der Waals surface area contributed by atoms with Crippen molar-refractivity contribution >= 4 is 27.7 Å². The second-order valence-electron chi connectivity index (χ2n) is 3.71. The molecule has 0 aromatic carbocycles. The lowest BCUT2D eigenvalue weighted by Crippen LogP contribution is -2.51. The normalized spacial score (nSPS) is 18.9. The van der Waals surface area contributed by atoms with E-state index in [4.69, 9.17) is 0 Å². The monoisotopic (exact) mass is 276 g/mol. The van der Waals surface area contributed by atoms with Gasteiger partial charge in [0.15, 0.2) is 0 Å². The Labute approximate surface area is 98.7 Å². The van der Waals surface area contributed by atoms with E-state index < -0.39 is 0 Å². The first-order valence-electron chi connectivity index (χ1n) is 5.24. The Bertz CT molecular complexity index is 250. The van der Waals surface area contributed by atoms with Crippen LogP contribution in [-0.2, 0) is 9.59 Å². The van der Waals surface area contributed by atoms with Crippen molar-refractivity contribution in [3.63, 3.8) is 0 Å². The van der Waals surface area contributed by atoms with Gasteiger partial charge in [0.25, 0.3) is 0 Å². The molecule has 1 fully saturated rings.